The SMILES string of the molecule is C.CC(C)(C)OC(=O)NCCCC[C@H](N)C(=O)O.COC(=O)[C@@H](N)CCCCNC(=O)OC(C)(C)C. The number of alkyl carbamates (subject to hydrolysis) is 2. The van der Waals surface area contributed by atoms with Gasteiger partial charge in [0.1, 0.15) is 23.3 Å². The fraction of sp³-hybridized carbons (Fsp3) is 0.833. The number of aliphatic carboxylic acids is 1. The second kappa shape index (κ2) is 19.6. The van der Waals surface area contributed by atoms with Crippen LogP contribution in [0.1, 0.15) is 87.5 Å². The van der Waals surface area contributed by atoms with Crippen molar-refractivity contribution in [2.45, 2.75) is 111 Å². The summed E-state index contributed by atoms with van der Waals surface area (Å²) < 4.78 is 14.6. The fourth-order valence-electron chi connectivity index (χ4n) is 2.38. The summed E-state index contributed by atoms with van der Waals surface area (Å²) in [5.41, 5.74) is 9.90. The van der Waals surface area contributed by atoms with Gasteiger partial charge in [0.05, 0.1) is 7.11 Å². The van der Waals surface area contributed by atoms with E-state index in [9.17, 15) is 19.2 Å². The van der Waals surface area contributed by atoms with Crippen molar-refractivity contribution in [1.29, 1.82) is 0 Å². The normalized spacial score (nSPS) is 12.5. The van der Waals surface area contributed by atoms with Crippen molar-refractivity contribution in [3.8, 4) is 0 Å². The van der Waals surface area contributed by atoms with Gasteiger partial charge in [0, 0.05) is 13.1 Å². The molecule has 0 unspecified atom stereocenters. The van der Waals surface area contributed by atoms with Gasteiger partial charge in [0.2, 0.25) is 0 Å². The molecule has 0 aliphatic heterocycles. The molecule has 36 heavy (non-hydrogen) atoms. The number of carbonyl (C=O) groups excluding carboxylic acids is 3. The van der Waals surface area contributed by atoms with E-state index in [4.69, 9.17) is 26.0 Å². The highest BCUT2D eigenvalue weighted by molar-refractivity contribution is 5.75. The summed E-state index contributed by atoms with van der Waals surface area (Å²) in [4.78, 5) is 43.9. The van der Waals surface area contributed by atoms with E-state index in [2.05, 4.69) is 15.4 Å². The van der Waals surface area contributed by atoms with Crippen molar-refractivity contribution < 1.29 is 38.5 Å². The molecular formula is C24H50N4O8. The molecular weight excluding hydrogens is 472 g/mol. The van der Waals surface area contributed by atoms with Gasteiger partial charge in [-0.2, -0.15) is 0 Å². The van der Waals surface area contributed by atoms with E-state index in [-0.39, 0.29) is 7.43 Å². The van der Waals surface area contributed by atoms with Crippen LogP contribution in [0.5, 0.6) is 0 Å². The van der Waals surface area contributed by atoms with Gasteiger partial charge in [-0.25, -0.2) is 9.59 Å². The number of carboxylic acid groups (broad SMARTS) is 1. The second-order valence-corrected chi connectivity index (χ2v) is 9.92. The van der Waals surface area contributed by atoms with Gasteiger partial charge in [-0.1, -0.05) is 7.43 Å². The van der Waals surface area contributed by atoms with E-state index in [1.807, 2.05) is 20.8 Å². The number of nitrogens with two attached hydrogens (primary N) is 2. The molecule has 214 valence electrons. The van der Waals surface area contributed by atoms with Crippen LogP contribution in [-0.2, 0) is 23.8 Å². The van der Waals surface area contributed by atoms with Crippen LogP contribution in [0.3, 0.4) is 0 Å². The second-order valence-electron chi connectivity index (χ2n) is 9.92. The topological polar surface area (TPSA) is 192 Å². The van der Waals surface area contributed by atoms with Gasteiger partial charge in [-0.15, -0.1) is 0 Å². The van der Waals surface area contributed by atoms with E-state index in [0.29, 0.717) is 38.8 Å². The minimum Gasteiger partial charge on any atom is -0.480 e. The van der Waals surface area contributed by atoms with Crippen molar-refractivity contribution in [3.05, 3.63) is 0 Å². The van der Waals surface area contributed by atoms with E-state index >= 15 is 0 Å². The molecule has 2 atom stereocenters. The quantitative estimate of drug-likeness (QED) is 0.144. The minimum absolute atomic E-state index is 0. The highest BCUT2D eigenvalue weighted by atomic mass is 16.6. The summed E-state index contributed by atoms with van der Waals surface area (Å²) in [5.74, 6) is -1.40. The largest absolute Gasteiger partial charge is 0.480 e. The molecule has 0 spiro atoms. The fourth-order valence-corrected chi connectivity index (χ4v) is 2.38. The number of carbonyl (C=O) groups is 4. The molecule has 0 aromatic heterocycles. The monoisotopic (exact) mass is 522 g/mol. The Morgan fingerprint density at radius 3 is 1.42 bits per heavy atom. The number of unbranched alkanes of at least 4 members (excludes halogenated alkanes) is 2. The molecule has 0 aliphatic carbocycles. The third kappa shape index (κ3) is 26.0. The van der Waals surface area contributed by atoms with E-state index in [0.717, 1.165) is 12.8 Å². The number of esters is 1. The molecule has 7 N–H and O–H groups in total. The Balaban J connectivity index is -0.000000590. The average molecular weight is 523 g/mol. The zero-order chi connectivity index (χ0) is 27.7. The van der Waals surface area contributed by atoms with Crippen LogP contribution in [0, 0.1) is 0 Å². The lowest BCUT2D eigenvalue weighted by atomic mass is 10.1. The summed E-state index contributed by atoms with van der Waals surface area (Å²) in [5, 5.41) is 13.8. The van der Waals surface area contributed by atoms with Crippen LogP contribution >= 0.6 is 0 Å². The molecule has 12 heteroatoms. The van der Waals surface area contributed by atoms with Crippen LogP contribution in [-0.4, -0.2) is 72.7 Å². The molecule has 0 saturated heterocycles. The summed E-state index contributed by atoms with van der Waals surface area (Å²) >= 11 is 0. The lowest BCUT2D eigenvalue weighted by Gasteiger charge is -2.19. The predicted molar refractivity (Wildman–Crippen MR) is 139 cm³/mol. The van der Waals surface area contributed by atoms with Gasteiger partial charge < -0.3 is 41.4 Å². The molecule has 0 aromatic carbocycles. The molecule has 0 radical (unpaired) electrons. The lowest BCUT2D eigenvalue weighted by molar-refractivity contribution is -0.142. The molecule has 0 heterocycles. The Morgan fingerprint density at radius 2 is 1.11 bits per heavy atom. The summed E-state index contributed by atoms with van der Waals surface area (Å²) in [7, 11) is 1.31. The van der Waals surface area contributed by atoms with Gasteiger partial charge in [-0.05, 0) is 80.1 Å². The third-order valence-corrected chi connectivity index (χ3v) is 4.04. The van der Waals surface area contributed by atoms with Crippen LogP contribution in [0.25, 0.3) is 0 Å². The molecule has 2 amide bonds. The lowest BCUT2D eigenvalue weighted by Crippen LogP contribution is -2.33. The third-order valence-electron chi connectivity index (χ3n) is 4.04. The number of ether oxygens (including phenoxy) is 3. The van der Waals surface area contributed by atoms with Gasteiger partial charge in [0.25, 0.3) is 0 Å². The number of hydrogen-bond acceptors (Lipinski definition) is 9. The summed E-state index contributed by atoms with van der Waals surface area (Å²) in [6, 6.07) is -1.41. The number of carboxylic acids is 1. The maximum Gasteiger partial charge on any atom is 0.407 e. The number of methoxy groups -OCH3 is 1. The standard InChI is InChI=1S/C12H24N2O4.C11H22N2O4.CH4/c1-12(2,3)18-11(16)14-8-6-5-7-9(13)10(15)17-4;1-11(2,3)17-10(16)13-7-5-4-6-8(12)9(14)15;/h9H,5-8,13H2,1-4H3,(H,14,16);8H,4-7,12H2,1-3H3,(H,13,16)(H,14,15);1H4/t9-;8-;/m00./s1. The smallest absolute Gasteiger partial charge is 0.407 e. The predicted octanol–water partition coefficient (Wildman–Crippen LogP) is 2.91. The number of nitrogens with one attached hydrogen (secondary N) is 2. The highest BCUT2D eigenvalue weighted by Gasteiger charge is 2.17. The van der Waals surface area contributed by atoms with Crippen molar-refractivity contribution >= 4 is 24.1 Å². The molecule has 0 saturated carbocycles. The van der Waals surface area contributed by atoms with Crippen molar-refractivity contribution in [3.63, 3.8) is 0 Å². The maximum absolute atomic E-state index is 11.3. The maximum atomic E-state index is 11.3. The highest BCUT2D eigenvalue weighted by Crippen LogP contribution is 2.07. The summed E-state index contributed by atoms with van der Waals surface area (Å²) in [6.45, 7) is 11.8. The van der Waals surface area contributed by atoms with Gasteiger partial charge in [0.15, 0.2) is 0 Å². The molecule has 0 aromatic rings. The van der Waals surface area contributed by atoms with Gasteiger partial charge >= 0.3 is 24.1 Å². The number of rotatable bonds is 12. The molecule has 0 rings (SSSR count). The zero-order valence-corrected chi connectivity index (χ0v) is 22.3. The summed E-state index contributed by atoms with van der Waals surface area (Å²) in [6.07, 6.45) is 2.88. The Kier molecular flexibility index (Phi) is 20.6. The van der Waals surface area contributed by atoms with Crippen molar-refractivity contribution in [2.75, 3.05) is 20.2 Å². The molecule has 0 aliphatic rings. The molecule has 0 bridgehead atoms. The first-order valence-electron chi connectivity index (χ1n) is 11.7. The van der Waals surface area contributed by atoms with Crippen LogP contribution in [0.4, 0.5) is 9.59 Å². The van der Waals surface area contributed by atoms with Crippen LogP contribution in [0.15, 0.2) is 0 Å². The first-order valence-corrected chi connectivity index (χ1v) is 11.7. The van der Waals surface area contributed by atoms with Crippen LogP contribution < -0.4 is 22.1 Å². The first-order chi connectivity index (χ1) is 16.0. The molecule has 0 fully saturated rings. The number of amides is 2. The minimum atomic E-state index is -0.995. The molecule has 12 nitrogen and oxygen atoms in total. The van der Waals surface area contributed by atoms with Crippen LogP contribution in [0.2, 0.25) is 0 Å². The average Bonchev–Trinajstić information content (AvgIpc) is 2.70. The van der Waals surface area contributed by atoms with E-state index < -0.39 is 47.4 Å². The van der Waals surface area contributed by atoms with E-state index in [1.165, 1.54) is 7.11 Å². The Bertz CT molecular complexity index is 645. The van der Waals surface area contributed by atoms with E-state index in [1.54, 1.807) is 20.8 Å². The Labute approximate surface area is 216 Å². The first kappa shape index (κ1) is 37.9. The van der Waals surface area contributed by atoms with Gasteiger partial charge in [-0.3, -0.25) is 9.59 Å². The van der Waals surface area contributed by atoms with Crippen molar-refractivity contribution in [1.82, 2.24) is 10.6 Å². The zero-order valence-electron chi connectivity index (χ0n) is 22.3. The number of hydrogen-bond donors (Lipinski definition) is 5. The van der Waals surface area contributed by atoms with Crippen molar-refractivity contribution in [2.24, 2.45) is 11.5 Å². The Hall–Kier alpha value is -2.60. The Morgan fingerprint density at radius 1 is 0.750 bits per heavy atom.